The van der Waals surface area contributed by atoms with E-state index in [1.165, 1.54) is 0 Å². The molecule has 0 amide bonds. The summed E-state index contributed by atoms with van der Waals surface area (Å²) >= 11 is 0. The lowest BCUT2D eigenvalue weighted by Gasteiger charge is -2.35. The number of ether oxygens (including phenoxy) is 5. The Kier molecular flexibility index (Phi) is 19.4. The van der Waals surface area contributed by atoms with Crippen LogP contribution < -0.4 is 0 Å². The van der Waals surface area contributed by atoms with E-state index in [1.807, 2.05) is 0 Å². The van der Waals surface area contributed by atoms with Gasteiger partial charge in [-0.15, -0.1) is 0 Å². The monoisotopic (exact) mass is 650 g/mol. The van der Waals surface area contributed by atoms with Crippen molar-refractivity contribution in [3.63, 3.8) is 0 Å². The lowest BCUT2D eigenvalue weighted by atomic mass is 9.86. The molecule has 4 N–H and O–H groups in total. The molecule has 0 spiro atoms. The van der Waals surface area contributed by atoms with Crippen molar-refractivity contribution in [2.45, 2.75) is 78.1 Å². The third kappa shape index (κ3) is 19.6. The summed E-state index contributed by atoms with van der Waals surface area (Å²) in [6.07, 6.45) is -3.22. The molecule has 0 aromatic rings. The van der Waals surface area contributed by atoms with Crippen LogP contribution in [0.3, 0.4) is 0 Å². The molecule has 0 heterocycles. The Morgan fingerprint density at radius 3 is 0.800 bits per heavy atom. The highest BCUT2D eigenvalue weighted by atomic mass is 16.6. The molecule has 0 aromatic heterocycles. The van der Waals surface area contributed by atoms with Crippen LogP contribution in [0, 0.1) is 10.8 Å². The fraction of sp³-hybridized carbons (Fsp3) is 0.714. The Balaban J connectivity index is 5.80. The largest absolute Gasteiger partial charge is 0.481 e. The van der Waals surface area contributed by atoms with Crippen LogP contribution in [-0.2, 0) is 62.0 Å². The SMILES string of the molecule is CCC(COCC(CC)(COC(=O)CCC(=O)O)COC(=O)CCC(=O)O)(COC(=O)CCC(=O)O)COC(=O)CCC(=O)O. The van der Waals surface area contributed by atoms with Crippen LogP contribution in [0.25, 0.3) is 0 Å². The van der Waals surface area contributed by atoms with Crippen molar-refractivity contribution in [3.8, 4) is 0 Å². The lowest BCUT2D eigenvalue weighted by Crippen LogP contribution is -2.42. The van der Waals surface area contributed by atoms with Crippen molar-refractivity contribution in [2.75, 3.05) is 39.6 Å². The zero-order chi connectivity index (χ0) is 34.5. The molecule has 0 aliphatic carbocycles. The Hall–Kier alpha value is -4.28. The minimum Gasteiger partial charge on any atom is -0.481 e. The molecule has 17 nitrogen and oxygen atoms in total. The van der Waals surface area contributed by atoms with Crippen LogP contribution in [0.1, 0.15) is 78.1 Å². The Labute approximate surface area is 259 Å². The number of hydrogen-bond donors (Lipinski definition) is 4. The molecule has 0 aliphatic rings. The van der Waals surface area contributed by atoms with Gasteiger partial charge >= 0.3 is 47.8 Å². The highest BCUT2D eigenvalue weighted by Crippen LogP contribution is 2.29. The van der Waals surface area contributed by atoms with E-state index < -0.39 is 110 Å². The second kappa shape index (κ2) is 21.4. The number of rotatable bonds is 26. The summed E-state index contributed by atoms with van der Waals surface area (Å²) in [5, 5.41) is 35.2. The Bertz CT molecular complexity index is 886. The maximum absolute atomic E-state index is 12.1. The van der Waals surface area contributed by atoms with E-state index in [-0.39, 0.29) is 52.5 Å². The second-order valence-corrected chi connectivity index (χ2v) is 10.4. The average molecular weight is 651 g/mol. The third-order valence-electron chi connectivity index (χ3n) is 6.65. The maximum Gasteiger partial charge on any atom is 0.306 e. The van der Waals surface area contributed by atoms with Gasteiger partial charge in [-0.05, 0) is 12.8 Å². The summed E-state index contributed by atoms with van der Waals surface area (Å²) in [6.45, 7) is 1.35. The zero-order valence-corrected chi connectivity index (χ0v) is 25.4. The first-order chi connectivity index (χ1) is 21.1. The van der Waals surface area contributed by atoms with Gasteiger partial charge in [0.05, 0.1) is 75.4 Å². The van der Waals surface area contributed by atoms with Gasteiger partial charge in [-0.1, -0.05) is 13.8 Å². The standard InChI is InChI=1S/C28H42O17/c1-3-27(15-42-23(37)9-5-19(29)30,16-43-24(38)10-6-20(31)32)13-41-14-28(4-2,17-44-25(39)11-7-21(33)34)18-45-26(40)12-8-22(35)36/h3-18H2,1-2H3,(H,29,30)(H,31,32)(H,33,34)(H,35,36). The number of carboxylic acids is 4. The lowest BCUT2D eigenvalue weighted by molar-refractivity contribution is -0.166. The van der Waals surface area contributed by atoms with Gasteiger partial charge < -0.3 is 44.1 Å². The zero-order valence-electron chi connectivity index (χ0n) is 25.4. The van der Waals surface area contributed by atoms with Crippen LogP contribution in [0.4, 0.5) is 0 Å². The topological polar surface area (TPSA) is 264 Å². The van der Waals surface area contributed by atoms with Crippen LogP contribution >= 0.6 is 0 Å². The summed E-state index contributed by atoms with van der Waals surface area (Å²) in [4.78, 5) is 91.7. The Morgan fingerprint density at radius 1 is 0.400 bits per heavy atom. The van der Waals surface area contributed by atoms with Crippen molar-refractivity contribution in [2.24, 2.45) is 10.8 Å². The molecule has 0 rings (SSSR count). The molecular formula is C28H42O17. The average Bonchev–Trinajstić information content (AvgIpc) is 2.99. The molecule has 0 radical (unpaired) electrons. The van der Waals surface area contributed by atoms with Crippen molar-refractivity contribution >= 4 is 47.8 Å². The number of carbonyl (C=O) groups is 8. The van der Waals surface area contributed by atoms with Gasteiger partial charge in [0.25, 0.3) is 0 Å². The molecular weight excluding hydrogens is 608 g/mol. The van der Waals surface area contributed by atoms with Crippen molar-refractivity contribution < 1.29 is 82.5 Å². The number of esters is 4. The second-order valence-electron chi connectivity index (χ2n) is 10.4. The van der Waals surface area contributed by atoms with E-state index in [0.29, 0.717) is 0 Å². The molecule has 0 aromatic carbocycles. The first-order valence-corrected chi connectivity index (χ1v) is 14.1. The maximum atomic E-state index is 12.1. The van der Waals surface area contributed by atoms with Crippen LogP contribution in [0.15, 0.2) is 0 Å². The first-order valence-electron chi connectivity index (χ1n) is 14.1. The van der Waals surface area contributed by atoms with E-state index >= 15 is 0 Å². The van der Waals surface area contributed by atoms with Crippen molar-refractivity contribution in [3.05, 3.63) is 0 Å². The Morgan fingerprint density at radius 2 is 0.622 bits per heavy atom. The van der Waals surface area contributed by atoms with Gasteiger partial charge in [-0.3, -0.25) is 38.4 Å². The van der Waals surface area contributed by atoms with Crippen LogP contribution in [-0.4, -0.2) is 108 Å². The molecule has 256 valence electrons. The summed E-state index contributed by atoms with van der Waals surface area (Å²) in [6, 6.07) is 0. The molecule has 45 heavy (non-hydrogen) atoms. The number of carboxylic acid groups (broad SMARTS) is 4. The summed E-state index contributed by atoms with van der Waals surface area (Å²) in [7, 11) is 0. The molecule has 0 fully saturated rings. The normalized spacial score (nSPS) is 11.2. The highest BCUT2D eigenvalue weighted by molar-refractivity contribution is 5.78. The summed E-state index contributed by atoms with van der Waals surface area (Å²) < 4.78 is 26.9. The summed E-state index contributed by atoms with van der Waals surface area (Å²) in [5.41, 5.74) is -2.37. The quantitative estimate of drug-likeness (QED) is 0.0761. The van der Waals surface area contributed by atoms with Gasteiger partial charge in [0.15, 0.2) is 0 Å². The predicted molar refractivity (Wildman–Crippen MR) is 148 cm³/mol. The van der Waals surface area contributed by atoms with E-state index in [1.54, 1.807) is 13.8 Å². The summed E-state index contributed by atoms with van der Waals surface area (Å²) in [5.74, 6) is -8.21. The highest BCUT2D eigenvalue weighted by Gasteiger charge is 2.37. The number of carbonyl (C=O) groups excluding carboxylic acids is 4. The molecule has 0 atom stereocenters. The van der Waals surface area contributed by atoms with E-state index in [9.17, 15) is 38.4 Å². The van der Waals surface area contributed by atoms with Crippen LogP contribution in [0.5, 0.6) is 0 Å². The molecule has 0 saturated carbocycles. The van der Waals surface area contributed by atoms with E-state index in [4.69, 9.17) is 44.1 Å². The van der Waals surface area contributed by atoms with Gasteiger partial charge in [-0.25, -0.2) is 0 Å². The van der Waals surface area contributed by atoms with Gasteiger partial charge in [0.2, 0.25) is 0 Å². The third-order valence-corrected chi connectivity index (χ3v) is 6.65. The van der Waals surface area contributed by atoms with Crippen molar-refractivity contribution in [1.29, 1.82) is 0 Å². The number of aliphatic carboxylic acids is 4. The predicted octanol–water partition coefficient (Wildman–Crippen LogP) is 1.43. The minimum atomic E-state index is -1.22. The minimum absolute atomic E-state index is 0.193. The molecule has 17 heteroatoms. The van der Waals surface area contributed by atoms with Crippen LogP contribution in [0.2, 0.25) is 0 Å². The number of hydrogen-bond acceptors (Lipinski definition) is 13. The van der Waals surface area contributed by atoms with E-state index in [0.717, 1.165) is 0 Å². The fourth-order valence-electron chi connectivity index (χ4n) is 3.41. The van der Waals surface area contributed by atoms with E-state index in [2.05, 4.69) is 0 Å². The fourth-order valence-corrected chi connectivity index (χ4v) is 3.41. The van der Waals surface area contributed by atoms with Gasteiger partial charge in [0.1, 0.15) is 26.4 Å². The smallest absolute Gasteiger partial charge is 0.306 e. The molecule has 0 bridgehead atoms. The molecule has 0 unspecified atom stereocenters. The molecule has 0 saturated heterocycles. The molecule has 0 aliphatic heterocycles. The van der Waals surface area contributed by atoms with Gasteiger partial charge in [0, 0.05) is 0 Å². The van der Waals surface area contributed by atoms with Gasteiger partial charge in [-0.2, -0.15) is 0 Å². The van der Waals surface area contributed by atoms with Crippen molar-refractivity contribution in [1.82, 2.24) is 0 Å². The first kappa shape index (κ1) is 40.7.